The fourth-order valence-electron chi connectivity index (χ4n) is 4.03. The van der Waals surface area contributed by atoms with Gasteiger partial charge in [-0.2, -0.15) is 4.31 Å². The molecule has 2 heterocycles. The summed E-state index contributed by atoms with van der Waals surface area (Å²) < 4.78 is 32.6. The number of nitrogens with one attached hydrogen (secondary N) is 1. The van der Waals surface area contributed by atoms with E-state index in [2.05, 4.69) is 11.4 Å². The highest BCUT2D eigenvalue weighted by Gasteiger charge is 2.32. The number of nitrogens with zero attached hydrogens (tertiary/aromatic N) is 1. The first kappa shape index (κ1) is 18.3. The van der Waals surface area contributed by atoms with E-state index in [1.165, 1.54) is 15.9 Å². The van der Waals surface area contributed by atoms with Gasteiger partial charge in [-0.15, -0.1) is 0 Å². The number of sulfonamides is 1. The van der Waals surface area contributed by atoms with Gasteiger partial charge in [0, 0.05) is 19.2 Å². The Hall–Kier alpha value is -2.12. The molecule has 0 bridgehead atoms. The fourth-order valence-corrected chi connectivity index (χ4v) is 5.71. The van der Waals surface area contributed by atoms with Gasteiger partial charge in [0.1, 0.15) is 10.7 Å². The second-order valence-corrected chi connectivity index (χ2v) is 9.17. The standard InChI is InChI=1S/C20H24N2O4S/c1-14-19(27(24,25)22-11-4-5-12-22)13-18(26-14)20(23)21-17-10-6-8-15-7-2-3-9-16(15)17/h2-3,7,9,13,17H,4-6,8,10-12H2,1H3,(H,21,23)/t17-/m0/s1. The van der Waals surface area contributed by atoms with Gasteiger partial charge < -0.3 is 9.73 Å². The lowest BCUT2D eigenvalue weighted by Crippen LogP contribution is -2.30. The van der Waals surface area contributed by atoms with Crippen molar-refractivity contribution < 1.29 is 17.6 Å². The van der Waals surface area contributed by atoms with Crippen molar-refractivity contribution in [2.45, 2.75) is 50.0 Å². The molecule has 1 aromatic carbocycles. The quantitative estimate of drug-likeness (QED) is 0.872. The van der Waals surface area contributed by atoms with E-state index in [1.807, 2.05) is 18.2 Å². The van der Waals surface area contributed by atoms with Crippen molar-refractivity contribution in [3.05, 3.63) is 53.0 Å². The lowest BCUT2D eigenvalue weighted by Gasteiger charge is -2.25. The lowest BCUT2D eigenvalue weighted by molar-refractivity contribution is 0.0903. The monoisotopic (exact) mass is 388 g/mol. The van der Waals surface area contributed by atoms with E-state index in [9.17, 15) is 13.2 Å². The molecule has 0 unspecified atom stereocenters. The van der Waals surface area contributed by atoms with E-state index in [4.69, 9.17) is 4.42 Å². The Morgan fingerprint density at radius 2 is 1.93 bits per heavy atom. The maximum absolute atomic E-state index is 12.8. The zero-order valence-electron chi connectivity index (χ0n) is 15.4. The van der Waals surface area contributed by atoms with Crippen LogP contribution in [0.1, 0.15) is 59.2 Å². The van der Waals surface area contributed by atoms with Crippen molar-refractivity contribution in [1.29, 1.82) is 0 Å². The van der Waals surface area contributed by atoms with Crippen molar-refractivity contribution in [2.24, 2.45) is 0 Å². The molecule has 1 aliphatic heterocycles. The number of rotatable bonds is 4. The van der Waals surface area contributed by atoms with Gasteiger partial charge in [-0.1, -0.05) is 24.3 Å². The van der Waals surface area contributed by atoms with Gasteiger partial charge in [0.2, 0.25) is 10.0 Å². The van der Waals surface area contributed by atoms with Crippen LogP contribution in [-0.2, 0) is 16.4 Å². The van der Waals surface area contributed by atoms with Crippen LogP contribution < -0.4 is 5.32 Å². The Kier molecular flexibility index (Phi) is 4.82. The molecule has 0 radical (unpaired) electrons. The van der Waals surface area contributed by atoms with Crippen LogP contribution in [0.5, 0.6) is 0 Å². The van der Waals surface area contributed by atoms with Crippen LogP contribution >= 0.6 is 0 Å². The smallest absolute Gasteiger partial charge is 0.287 e. The molecule has 1 aromatic heterocycles. The molecule has 0 saturated carbocycles. The molecule has 6 nitrogen and oxygen atoms in total. The van der Waals surface area contributed by atoms with Crippen LogP contribution in [0.3, 0.4) is 0 Å². The third-order valence-corrected chi connectivity index (χ3v) is 7.46. The maximum atomic E-state index is 12.8. The number of aryl methyl sites for hydroxylation is 2. The average Bonchev–Trinajstić information content (AvgIpc) is 3.32. The molecular formula is C20H24N2O4S. The van der Waals surface area contributed by atoms with Gasteiger partial charge in [0.25, 0.3) is 5.91 Å². The summed E-state index contributed by atoms with van der Waals surface area (Å²) in [5.74, 6) is -0.0629. The summed E-state index contributed by atoms with van der Waals surface area (Å²) in [6, 6.07) is 9.40. The van der Waals surface area contributed by atoms with E-state index >= 15 is 0 Å². The SMILES string of the molecule is Cc1oc(C(=O)N[C@H]2CCCc3ccccc32)cc1S(=O)(=O)N1CCCC1. The molecule has 1 atom stereocenters. The number of hydrogen-bond donors (Lipinski definition) is 1. The van der Waals surface area contributed by atoms with E-state index in [-0.39, 0.29) is 28.4 Å². The maximum Gasteiger partial charge on any atom is 0.287 e. The highest BCUT2D eigenvalue weighted by Crippen LogP contribution is 2.31. The van der Waals surface area contributed by atoms with Crippen molar-refractivity contribution in [1.82, 2.24) is 9.62 Å². The summed E-state index contributed by atoms with van der Waals surface area (Å²) in [5, 5.41) is 3.01. The molecule has 7 heteroatoms. The molecule has 144 valence electrons. The number of fused-ring (bicyclic) bond motifs is 1. The summed E-state index contributed by atoms with van der Waals surface area (Å²) in [7, 11) is -3.60. The molecule has 2 aliphatic rings. The van der Waals surface area contributed by atoms with Crippen LogP contribution in [0.25, 0.3) is 0 Å². The Morgan fingerprint density at radius 3 is 2.70 bits per heavy atom. The van der Waals surface area contributed by atoms with E-state index in [0.717, 1.165) is 37.7 Å². The Morgan fingerprint density at radius 1 is 1.19 bits per heavy atom. The van der Waals surface area contributed by atoms with Crippen molar-refractivity contribution >= 4 is 15.9 Å². The van der Waals surface area contributed by atoms with Crippen LogP contribution in [-0.4, -0.2) is 31.7 Å². The minimum Gasteiger partial charge on any atom is -0.455 e. The van der Waals surface area contributed by atoms with Gasteiger partial charge in [-0.05, 0) is 50.2 Å². The zero-order chi connectivity index (χ0) is 19.0. The second-order valence-electron chi connectivity index (χ2n) is 7.26. The molecule has 1 saturated heterocycles. The number of carbonyl (C=O) groups excluding carboxylic acids is 1. The minimum atomic E-state index is -3.60. The number of carbonyl (C=O) groups is 1. The highest BCUT2D eigenvalue weighted by molar-refractivity contribution is 7.89. The van der Waals surface area contributed by atoms with E-state index < -0.39 is 10.0 Å². The second kappa shape index (κ2) is 7.13. The van der Waals surface area contributed by atoms with Gasteiger partial charge >= 0.3 is 0 Å². The summed E-state index contributed by atoms with van der Waals surface area (Å²) in [6.45, 7) is 2.64. The summed E-state index contributed by atoms with van der Waals surface area (Å²) in [4.78, 5) is 12.8. The van der Waals surface area contributed by atoms with Crippen LogP contribution in [0, 0.1) is 6.92 Å². The molecule has 1 aliphatic carbocycles. The first-order chi connectivity index (χ1) is 13.0. The number of hydrogen-bond acceptors (Lipinski definition) is 4. The van der Waals surface area contributed by atoms with E-state index in [1.54, 1.807) is 6.92 Å². The molecule has 1 N–H and O–H groups in total. The summed E-state index contributed by atoms with van der Waals surface area (Å²) >= 11 is 0. The minimum absolute atomic E-state index is 0.0494. The molecule has 1 fully saturated rings. The molecule has 27 heavy (non-hydrogen) atoms. The van der Waals surface area contributed by atoms with Crippen LogP contribution in [0.2, 0.25) is 0 Å². The first-order valence-electron chi connectivity index (χ1n) is 9.46. The molecule has 1 amide bonds. The van der Waals surface area contributed by atoms with Gasteiger partial charge in [0.15, 0.2) is 5.76 Å². The number of amides is 1. The van der Waals surface area contributed by atoms with Gasteiger partial charge in [-0.3, -0.25) is 4.79 Å². The average molecular weight is 388 g/mol. The fraction of sp³-hybridized carbons (Fsp3) is 0.450. The van der Waals surface area contributed by atoms with Crippen LogP contribution in [0.15, 0.2) is 39.6 Å². The van der Waals surface area contributed by atoms with Crippen LogP contribution in [0.4, 0.5) is 0 Å². The van der Waals surface area contributed by atoms with Crippen molar-refractivity contribution in [3.8, 4) is 0 Å². The normalized spacial score (nSPS) is 20.4. The topological polar surface area (TPSA) is 79.6 Å². The van der Waals surface area contributed by atoms with Crippen molar-refractivity contribution in [3.63, 3.8) is 0 Å². The largest absolute Gasteiger partial charge is 0.455 e. The highest BCUT2D eigenvalue weighted by atomic mass is 32.2. The Labute approximate surface area is 159 Å². The summed E-state index contributed by atoms with van der Waals surface area (Å²) in [6.07, 6.45) is 4.62. The molecule has 2 aromatic rings. The predicted octanol–water partition coefficient (Wildman–Crippen LogP) is 3.18. The predicted molar refractivity (Wildman–Crippen MR) is 101 cm³/mol. The first-order valence-corrected chi connectivity index (χ1v) is 10.9. The van der Waals surface area contributed by atoms with Gasteiger partial charge in [-0.25, -0.2) is 8.42 Å². The number of benzene rings is 1. The van der Waals surface area contributed by atoms with E-state index in [0.29, 0.717) is 13.1 Å². The molecule has 0 spiro atoms. The van der Waals surface area contributed by atoms with Gasteiger partial charge in [0.05, 0.1) is 6.04 Å². The number of furan rings is 1. The van der Waals surface area contributed by atoms with Crippen molar-refractivity contribution in [2.75, 3.05) is 13.1 Å². The lowest BCUT2D eigenvalue weighted by atomic mass is 9.88. The Balaban J connectivity index is 1.56. The Bertz CT molecular complexity index is 958. The third-order valence-electron chi connectivity index (χ3n) is 5.45. The zero-order valence-corrected chi connectivity index (χ0v) is 16.2. The molecule has 4 rings (SSSR count). The summed E-state index contributed by atoms with van der Waals surface area (Å²) in [5.41, 5.74) is 2.38. The third kappa shape index (κ3) is 3.41. The molecular weight excluding hydrogens is 364 g/mol.